The second kappa shape index (κ2) is 3.22. The van der Waals surface area contributed by atoms with Crippen molar-refractivity contribution in [2.75, 3.05) is 0 Å². The van der Waals surface area contributed by atoms with E-state index >= 15 is 0 Å². The largest absolute Gasteiger partial charge is 0.508 e. The van der Waals surface area contributed by atoms with Gasteiger partial charge in [0.25, 0.3) is 0 Å². The van der Waals surface area contributed by atoms with Gasteiger partial charge in [0, 0.05) is 5.56 Å². The highest BCUT2D eigenvalue weighted by molar-refractivity contribution is 9.10. The van der Waals surface area contributed by atoms with Gasteiger partial charge < -0.3 is 10.1 Å². The third kappa shape index (κ3) is 1.72. The topological polar surface area (TPSA) is 48.9 Å². The minimum atomic E-state index is 0.259. The molecule has 0 aliphatic heterocycles. The van der Waals surface area contributed by atoms with E-state index in [2.05, 4.69) is 25.9 Å². The molecule has 2 rings (SSSR count). The van der Waals surface area contributed by atoms with Crippen LogP contribution in [0.2, 0.25) is 0 Å². The summed E-state index contributed by atoms with van der Waals surface area (Å²) in [5, 5.41) is 9.07. The third-order valence-electron chi connectivity index (χ3n) is 1.69. The van der Waals surface area contributed by atoms with Gasteiger partial charge in [0.05, 0.1) is 6.20 Å². The Morgan fingerprint density at radius 1 is 1.23 bits per heavy atom. The summed E-state index contributed by atoms with van der Waals surface area (Å²) < 4.78 is 0.843. The minimum Gasteiger partial charge on any atom is -0.508 e. The molecule has 3 nitrogen and oxygen atoms in total. The van der Waals surface area contributed by atoms with E-state index in [-0.39, 0.29) is 5.75 Å². The van der Waals surface area contributed by atoms with Gasteiger partial charge in [-0.15, -0.1) is 0 Å². The van der Waals surface area contributed by atoms with E-state index in [0.717, 1.165) is 16.0 Å². The average Bonchev–Trinajstić information content (AvgIpc) is 2.53. The van der Waals surface area contributed by atoms with Crippen molar-refractivity contribution < 1.29 is 5.11 Å². The van der Waals surface area contributed by atoms with Crippen LogP contribution in [0.5, 0.6) is 5.75 Å². The Kier molecular flexibility index (Phi) is 2.06. The molecule has 13 heavy (non-hydrogen) atoms. The number of rotatable bonds is 1. The minimum absolute atomic E-state index is 0.259. The van der Waals surface area contributed by atoms with E-state index in [9.17, 15) is 0 Å². The lowest BCUT2D eigenvalue weighted by Gasteiger charge is -1.95. The summed E-state index contributed by atoms with van der Waals surface area (Å²) >= 11 is 3.28. The van der Waals surface area contributed by atoms with Crippen molar-refractivity contribution in [2.45, 2.75) is 0 Å². The van der Waals surface area contributed by atoms with Crippen molar-refractivity contribution in [3.8, 4) is 17.1 Å². The molecule has 1 aromatic heterocycles. The lowest BCUT2D eigenvalue weighted by molar-refractivity contribution is 0.475. The van der Waals surface area contributed by atoms with Crippen molar-refractivity contribution >= 4 is 15.9 Å². The van der Waals surface area contributed by atoms with E-state index in [1.807, 2.05) is 0 Å². The maximum Gasteiger partial charge on any atom is 0.138 e. The first-order valence-electron chi connectivity index (χ1n) is 3.75. The number of hydrogen-bond acceptors (Lipinski definition) is 2. The van der Waals surface area contributed by atoms with Gasteiger partial charge in [0.1, 0.15) is 16.2 Å². The molecule has 1 aromatic carbocycles. The fourth-order valence-electron chi connectivity index (χ4n) is 1.06. The number of hydrogen-bond donors (Lipinski definition) is 2. The number of aromatic hydroxyl groups is 1. The number of nitrogens with one attached hydrogen (secondary N) is 1. The molecule has 66 valence electrons. The number of imidazole rings is 1. The zero-order chi connectivity index (χ0) is 9.26. The molecule has 1 heterocycles. The molecule has 0 radical (unpaired) electrons. The van der Waals surface area contributed by atoms with Gasteiger partial charge in [0.15, 0.2) is 0 Å². The second-order valence-corrected chi connectivity index (χ2v) is 3.48. The highest BCUT2D eigenvalue weighted by Crippen LogP contribution is 2.20. The summed E-state index contributed by atoms with van der Waals surface area (Å²) in [5.41, 5.74) is 0.948. The van der Waals surface area contributed by atoms with Crippen LogP contribution in [0.3, 0.4) is 0 Å². The van der Waals surface area contributed by atoms with Gasteiger partial charge in [-0.2, -0.15) is 0 Å². The summed E-state index contributed by atoms with van der Waals surface area (Å²) in [4.78, 5) is 7.17. The first-order chi connectivity index (χ1) is 6.25. The van der Waals surface area contributed by atoms with Crippen molar-refractivity contribution in [3.63, 3.8) is 0 Å². The molecule has 0 amide bonds. The fourth-order valence-corrected chi connectivity index (χ4v) is 1.36. The molecule has 0 unspecified atom stereocenters. The zero-order valence-electron chi connectivity index (χ0n) is 6.66. The van der Waals surface area contributed by atoms with E-state index in [0.29, 0.717) is 0 Å². The number of benzene rings is 1. The smallest absolute Gasteiger partial charge is 0.138 e. The summed E-state index contributed by atoms with van der Waals surface area (Å²) in [7, 11) is 0. The van der Waals surface area contributed by atoms with Crippen molar-refractivity contribution in [1.82, 2.24) is 9.97 Å². The van der Waals surface area contributed by atoms with Gasteiger partial charge in [-0.05, 0) is 40.2 Å². The van der Waals surface area contributed by atoms with E-state index < -0.39 is 0 Å². The van der Waals surface area contributed by atoms with Crippen molar-refractivity contribution in [2.24, 2.45) is 0 Å². The molecular formula is C9H7BrN2O. The molecular weight excluding hydrogens is 232 g/mol. The lowest BCUT2D eigenvalue weighted by atomic mass is 10.2. The summed E-state index contributed by atoms with van der Waals surface area (Å²) in [6, 6.07) is 6.87. The van der Waals surface area contributed by atoms with Gasteiger partial charge in [0.2, 0.25) is 0 Å². The SMILES string of the molecule is Oc1ccc(-c2ncc(Br)[nH]2)cc1. The Bertz CT molecular complexity index is 408. The Morgan fingerprint density at radius 3 is 2.46 bits per heavy atom. The lowest BCUT2D eigenvalue weighted by Crippen LogP contribution is -1.78. The molecule has 0 aliphatic carbocycles. The quantitative estimate of drug-likeness (QED) is 0.803. The number of phenols is 1. The van der Waals surface area contributed by atoms with Crippen LogP contribution < -0.4 is 0 Å². The zero-order valence-corrected chi connectivity index (χ0v) is 8.25. The molecule has 4 heteroatoms. The Hall–Kier alpha value is -1.29. The van der Waals surface area contributed by atoms with Crippen LogP contribution in [0.4, 0.5) is 0 Å². The summed E-state index contributed by atoms with van der Waals surface area (Å²) in [6.07, 6.45) is 1.70. The molecule has 2 aromatic rings. The first kappa shape index (κ1) is 8.31. The van der Waals surface area contributed by atoms with Gasteiger partial charge >= 0.3 is 0 Å². The predicted molar refractivity (Wildman–Crippen MR) is 53.4 cm³/mol. The Balaban J connectivity index is 2.41. The molecule has 0 fully saturated rings. The van der Waals surface area contributed by atoms with E-state index in [1.165, 1.54) is 0 Å². The Morgan fingerprint density at radius 2 is 1.92 bits per heavy atom. The average molecular weight is 239 g/mol. The second-order valence-electron chi connectivity index (χ2n) is 2.63. The maximum atomic E-state index is 9.07. The molecule has 0 saturated carbocycles. The van der Waals surface area contributed by atoms with Crippen LogP contribution in [0.15, 0.2) is 35.1 Å². The number of nitrogens with zero attached hydrogens (tertiary/aromatic N) is 1. The van der Waals surface area contributed by atoms with Crippen LogP contribution >= 0.6 is 15.9 Å². The third-order valence-corrected chi connectivity index (χ3v) is 2.09. The fraction of sp³-hybridized carbons (Fsp3) is 0. The van der Waals surface area contributed by atoms with E-state index in [1.54, 1.807) is 30.5 Å². The van der Waals surface area contributed by atoms with Crippen LogP contribution in [-0.4, -0.2) is 15.1 Å². The number of aromatic amines is 1. The summed E-state index contributed by atoms with van der Waals surface area (Å²) in [6.45, 7) is 0. The first-order valence-corrected chi connectivity index (χ1v) is 4.55. The molecule has 0 aliphatic rings. The monoisotopic (exact) mass is 238 g/mol. The van der Waals surface area contributed by atoms with Gasteiger partial charge in [-0.3, -0.25) is 0 Å². The predicted octanol–water partition coefficient (Wildman–Crippen LogP) is 2.54. The highest BCUT2D eigenvalue weighted by Gasteiger charge is 2.00. The molecule has 0 saturated heterocycles. The number of aromatic nitrogens is 2. The Labute approximate surface area is 83.6 Å². The van der Waals surface area contributed by atoms with Gasteiger partial charge in [-0.1, -0.05) is 0 Å². The van der Waals surface area contributed by atoms with E-state index in [4.69, 9.17) is 5.11 Å². The van der Waals surface area contributed by atoms with Crippen LogP contribution in [0, 0.1) is 0 Å². The maximum absolute atomic E-state index is 9.07. The highest BCUT2D eigenvalue weighted by atomic mass is 79.9. The summed E-state index contributed by atoms with van der Waals surface area (Å²) in [5.74, 6) is 1.04. The van der Waals surface area contributed by atoms with Crippen LogP contribution in [0.1, 0.15) is 0 Å². The van der Waals surface area contributed by atoms with Gasteiger partial charge in [-0.25, -0.2) is 4.98 Å². The molecule has 0 spiro atoms. The standard InChI is InChI=1S/C9H7BrN2O/c10-8-5-11-9(12-8)6-1-3-7(13)4-2-6/h1-5,13H,(H,11,12). The van der Waals surface area contributed by atoms with Crippen molar-refractivity contribution in [1.29, 1.82) is 0 Å². The normalized spacial score (nSPS) is 10.2. The van der Waals surface area contributed by atoms with Crippen LogP contribution in [0.25, 0.3) is 11.4 Å². The van der Waals surface area contributed by atoms with Crippen LogP contribution in [-0.2, 0) is 0 Å². The molecule has 0 atom stereocenters. The van der Waals surface area contributed by atoms with Crippen molar-refractivity contribution in [3.05, 3.63) is 35.1 Å². The number of phenolic OH excluding ortho intramolecular Hbond substituents is 1. The number of halogens is 1. The number of H-pyrrole nitrogens is 1. The molecule has 0 bridgehead atoms. The molecule has 2 N–H and O–H groups in total.